The van der Waals surface area contributed by atoms with Gasteiger partial charge >= 0.3 is 5.69 Å². The number of aromatic nitrogens is 2. The van der Waals surface area contributed by atoms with Crippen LogP contribution in [0.15, 0.2) is 44.8 Å². The van der Waals surface area contributed by atoms with Crippen LogP contribution in [0.3, 0.4) is 0 Å². The quantitative estimate of drug-likeness (QED) is 0.733. The summed E-state index contributed by atoms with van der Waals surface area (Å²) in [6, 6.07) is 7.85. The standard InChI is InChI=1S/C17H21N3O5S/c1-18-16(21)11-15(19-7-9-25-10-8-19)20(17(18)22)12-13-3-5-14(6-4-13)26(2,23)24/h3-6,11H,7-10,12H2,1-2H3. The number of nitrogens with zero attached hydrogens (tertiary/aromatic N) is 3. The molecular formula is C17H21N3O5S. The minimum Gasteiger partial charge on any atom is -0.378 e. The Hall–Kier alpha value is -2.39. The number of ether oxygens (including phenoxy) is 1. The molecule has 26 heavy (non-hydrogen) atoms. The normalized spacial score (nSPS) is 15.2. The molecule has 0 radical (unpaired) electrons. The second-order valence-corrected chi connectivity index (χ2v) is 8.30. The highest BCUT2D eigenvalue weighted by Gasteiger charge is 2.18. The van der Waals surface area contributed by atoms with Gasteiger partial charge in [0.15, 0.2) is 9.84 Å². The highest BCUT2D eigenvalue weighted by atomic mass is 32.2. The third-order valence-electron chi connectivity index (χ3n) is 4.40. The lowest BCUT2D eigenvalue weighted by Crippen LogP contribution is -2.44. The van der Waals surface area contributed by atoms with Crippen LogP contribution < -0.4 is 16.1 Å². The first kappa shape index (κ1) is 18.4. The summed E-state index contributed by atoms with van der Waals surface area (Å²) in [6.07, 6.45) is 1.15. The minimum absolute atomic E-state index is 0.225. The van der Waals surface area contributed by atoms with Gasteiger partial charge in [0.2, 0.25) is 0 Å². The molecule has 3 rings (SSSR count). The summed E-state index contributed by atoms with van der Waals surface area (Å²) in [7, 11) is -1.83. The second kappa shape index (κ2) is 7.08. The molecule has 140 valence electrons. The van der Waals surface area contributed by atoms with Crippen LogP contribution in [0.25, 0.3) is 0 Å². The van der Waals surface area contributed by atoms with E-state index in [-0.39, 0.29) is 17.0 Å². The molecule has 1 aliphatic heterocycles. The van der Waals surface area contributed by atoms with Gasteiger partial charge in [0.25, 0.3) is 5.56 Å². The molecule has 0 unspecified atom stereocenters. The molecule has 1 saturated heterocycles. The van der Waals surface area contributed by atoms with E-state index in [2.05, 4.69) is 0 Å². The largest absolute Gasteiger partial charge is 0.378 e. The van der Waals surface area contributed by atoms with Gasteiger partial charge in [0.1, 0.15) is 5.82 Å². The van der Waals surface area contributed by atoms with Gasteiger partial charge in [-0.3, -0.25) is 13.9 Å². The third-order valence-corrected chi connectivity index (χ3v) is 5.53. The molecule has 2 heterocycles. The number of sulfone groups is 1. The average Bonchev–Trinajstić information content (AvgIpc) is 2.62. The van der Waals surface area contributed by atoms with Crippen molar-refractivity contribution in [3.63, 3.8) is 0 Å². The van der Waals surface area contributed by atoms with Gasteiger partial charge in [-0.15, -0.1) is 0 Å². The molecule has 0 saturated carbocycles. The van der Waals surface area contributed by atoms with E-state index in [1.807, 2.05) is 4.90 Å². The molecule has 1 aromatic heterocycles. The number of hydrogen-bond donors (Lipinski definition) is 0. The van der Waals surface area contributed by atoms with E-state index in [1.54, 1.807) is 12.1 Å². The number of benzene rings is 1. The Balaban J connectivity index is 2.02. The Labute approximate surface area is 151 Å². The SMILES string of the molecule is Cn1c(=O)cc(N2CCOCC2)n(Cc2ccc(S(C)(=O)=O)cc2)c1=O. The zero-order valence-corrected chi connectivity index (χ0v) is 15.5. The molecule has 0 bridgehead atoms. The van der Waals surface area contributed by atoms with E-state index in [0.717, 1.165) is 16.4 Å². The van der Waals surface area contributed by atoms with Crippen molar-refractivity contribution < 1.29 is 13.2 Å². The lowest BCUT2D eigenvalue weighted by atomic mass is 10.2. The molecule has 0 N–H and O–H groups in total. The Bertz CT molecular complexity index is 1020. The summed E-state index contributed by atoms with van der Waals surface area (Å²) in [6.45, 7) is 2.50. The van der Waals surface area contributed by atoms with E-state index in [4.69, 9.17) is 4.74 Å². The lowest BCUT2D eigenvalue weighted by Gasteiger charge is -2.30. The van der Waals surface area contributed by atoms with Crippen LogP contribution in [0.5, 0.6) is 0 Å². The van der Waals surface area contributed by atoms with Crippen molar-refractivity contribution in [3.8, 4) is 0 Å². The molecular weight excluding hydrogens is 358 g/mol. The van der Waals surface area contributed by atoms with Gasteiger partial charge in [0.05, 0.1) is 24.7 Å². The van der Waals surface area contributed by atoms with Gasteiger partial charge in [-0.05, 0) is 17.7 Å². The zero-order chi connectivity index (χ0) is 18.9. The van der Waals surface area contributed by atoms with E-state index >= 15 is 0 Å². The summed E-state index contributed by atoms with van der Waals surface area (Å²) in [5.74, 6) is 0.550. The fourth-order valence-corrected chi connectivity index (χ4v) is 3.52. The van der Waals surface area contributed by atoms with Gasteiger partial charge in [-0.2, -0.15) is 0 Å². The van der Waals surface area contributed by atoms with Gasteiger partial charge in [0, 0.05) is 32.5 Å². The summed E-state index contributed by atoms with van der Waals surface area (Å²) >= 11 is 0. The molecule has 0 atom stereocenters. The first-order valence-electron chi connectivity index (χ1n) is 8.20. The molecule has 9 heteroatoms. The maximum Gasteiger partial charge on any atom is 0.332 e. The molecule has 1 aliphatic rings. The fraction of sp³-hybridized carbons (Fsp3) is 0.412. The molecule has 2 aromatic rings. The highest BCUT2D eigenvalue weighted by molar-refractivity contribution is 7.90. The fourth-order valence-electron chi connectivity index (χ4n) is 2.89. The Morgan fingerprint density at radius 3 is 2.27 bits per heavy atom. The maximum absolute atomic E-state index is 12.7. The summed E-state index contributed by atoms with van der Waals surface area (Å²) in [4.78, 5) is 26.9. The van der Waals surface area contributed by atoms with Crippen molar-refractivity contribution in [1.82, 2.24) is 9.13 Å². The molecule has 1 aromatic carbocycles. The third kappa shape index (κ3) is 3.73. The topological polar surface area (TPSA) is 90.6 Å². The zero-order valence-electron chi connectivity index (χ0n) is 14.7. The molecule has 1 fully saturated rings. The van der Waals surface area contributed by atoms with Gasteiger partial charge in [-0.1, -0.05) is 12.1 Å². The van der Waals surface area contributed by atoms with Crippen LogP contribution in [0, 0.1) is 0 Å². The lowest BCUT2D eigenvalue weighted by molar-refractivity contribution is 0.122. The van der Waals surface area contributed by atoms with Gasteiger partial charge < -0.3 is 9.64 Å². The Morgan fingerprint density at radius 1 is 1.08 bits per heavy atom. The van der Waals surface area contributed by atoms with E-state index in [0.29, 0.717) is 32.1 Å². The second-order valence-electron chi connectivity index (χ2n) is 6.28. The first-order valence-corrected chi connectivity index (χ1v) is 10.1. The summed E-state index contributed by atoms with van der Waals surface area (Å²) < 4.78 is 31.1. The Kier molecular flexibility index (Phi) is 5.01. The van der Waals surface area contributed by atoms with Gasteiger partial charge in [-0.25, -0.2) is 13.2 Å². The first-order chi connectivity index (χ1) is 12.3. The van der Waals surface area contributed by atoms with Crippen LogP contribution in [-0.2, 0) is 28.2 Å². The Morgan fingerprint density at radius 2 is 1.69 bits per heavy atom. The van der Waals surface area contributed by atoms with Crippen molar-refractivity contribution in [2.24, 2.45) is 7.05 Å². The monoisotopic (exact) mass is 379 g/mol. The maximum atomic E-state index is 12.7. The van der Waals surface area contributed by atoms with Crippen LogP contribution in [0.4, 0.5) is 5.82 Å². The van der Waals surface area contributed by atoms with Crippen LogP contribution in [0.2, 0.25) is 0 Å². The summed E-state index contributed by atoms with van der Waals surface area (Å²) in [5, 5.41) is 0. The van der Waals surface area contributed by atoms with Crippen LogP contribution in [-0.4, -0.2) is 50.1 Å². The summed E-state index contributed by atoms with van der Waals surface area (Å²) in [5.41, 5.74) is -0.000920. The van der Waals surface area contributed by atoms with Crippen molar-refractivity contribution in [2.75, 3.05) is 37.5 Å². The highest BCUT2D eigenvalue weighted by Crippen LogP contribution is 2.16. The molecule has 0 spiro atoms. The number of hydrogen-bond acceptors (Lipinski definition) is 6. The number of morpholine rings is 1. The van der Waals surface area contributed by atoms with E-state index in [1.165, 1.54) is 29.8 Å². The average molecular weight is 379 g/mol. The molecule has 8 nitrogen and oxygen atoms in total. The van der Waals surface area contributed by atoms with Crippen LogP contribution in [0.1, 0.15) is 5.56 Å². The molecule has 0 aliphatic carbocycles. The van der Waals surface area contributed by atoms with Crippen molar-refractivity contribution in [2.45, 2.75) is 11.4 Å². The number of anilines is 1. The van der Waals surface area contributed by atoms with Crippen molar-refractivity contribution in [1.29, 1.82) is 0 Å². The predicted octanol–water partition coefficient (Wildman–Crippen LogP) is -0.165. The van der Waals surface area contributed by atoms with E-state index < -0.39 is 15.5 Å². The molecule has 0 amide bonds. The number of rotatable bonds is 4. The van der Waals surface area contributed by atoms with Crippen molar-refractivity contribution in [3.05, 3.63) is 56.7 Å². The minimum atomic E-state index is -3.27. The van der Waals surface area contributed by atoms with E-state index in [9.17, 15) is 18.0 Å². The predicted molar refractivity (Wildman–Crippen MR) is 97.6 cm³/mol. The smallest absolute Gasteiger partial charge is 0.332 e. The van der Waals surface area contributed by atoms with Crippen molar-refractivity contribution >= 4 is 15.7 Å². The van der Waals surface area contributed by atoms with Crippen LogP contribution >= 0.6 is 0 Å².